The number of aromatic nitrogens is 5. The van der Waals surface area contributed by atoms with Gasteiger partial charge in [-0.1, -0.05) is 6.08 Å². The van der Waals surface area contributed by atoms with E-state index in [9.17, 15) is 58.2 Å². The van der Waals surface area contributed by atoms with E-state index in [2.05, 4.69) is 24.2 Å². The Morgan fingerprint density at radius 2 is 1.50 bits per heavy atom. The topological polar surface area (TPSA) is 394 Å². The zero-order valence-corrected chi connectivity index (χ0v) is 30.8. The third kappa shape index (κ3) is 9.11. The minimum absolute atomic E-state index is 0.0123. The first-order chi connectivity index (χ1) is 26.2. The number of pyridine rings is 1. The van der Waals surface area contributed by atoms with E-state index >= 15 is 0 Å². The second-order valence-electron chi connectivity index (χ2n) is 12.2. The smallest absolute Gasteiger partial charge is 0.387 e. The molecule has 3 aromatic heterocycles. The van der Waals surface area contributed by atoms with Gasteiger partial charge in [-0.15, -0.1) is 0 Å². The van der Waals surface area contributed by atoms with Crippen LogP contribution >= 0.6 is 23.5 Å². The highest BCUT2D eigenvalue weighted by molar-refractivity contribution is 7.61. The molecule has 11 atom stereocenters. The minimum atomic E-state index is -5.59. The van der Waals surface area contributed by atoms with Crippen LogP contribution in [0, 0.1) is 5.92 Å². The van der Waals surface area contributed by atoms with Gasteiger partial charge in [0.2, 0.25) is 5.91 Å². The van der Waals surface area contributed by atoms with E-state index in [0.717, 1.165) is 28.3 Å². The molecule has 2 fully saturated rings. The molecule has 1 amide bonds. The van der Waals surface area contributed by atoms with Gasteiger partial charge in [-0.05, 0) is 12.1 Å². The third-order valence-corrected chi connectivity index (χ3v) is 11.6. The van der Waals surface area contributed by atoms with Crippen LogP contribution in [0.25, 0.3) is 11.2 Å². The lowest BCUT2D eigenvalue weighted by atomic mass is 9.89. The fourth-order valence-corrected chi connectivity index (χ4v) is 8.54. The van der Waals surface area contributed by atoms with Crippen molar-refractivity contribution in [3.8, 4) is 0 Å². The number of ether oxygens (including phenoxy) is 2. The van der Waals surface area contributed by atoms with Crippen molar-refractivity contribution in [3.05, 3.63) is 66.8 Å². The van der Waals surface area contributed by atoms with Crippen LogP contribution < -0.4 is 11.5 Å². The predicted molar refractivity (Wildman–Crippen MR) is 180 cm³/mol. The number of nitrogen functional groups attached to an aromatic ring is 1. The number of Topliss-reactive ketones (excluding diaryl/α,β-unsaturated/α-hetero) is 1. The number of phosphoric ester groups is 3. The maximum atomic E-state index is 13.0. The number of hydrogen-bond acceptors (Lipinski definition) is 20. The lowest BCUT2D eigenvalue weighted by Crippen LogP contribution is -2.41. The molecule has 0 spiro atoms. The van der Waals surface area contributed by atoms with E-state index in [0.29, 0.717) is 0 Å². The average Bonchev–Trinajstić information content (AvgIpc) is 3.78. The van der Waals surface area contributed by atoms with Crippen molar-refractivity contribution < 1.29 is 85.5 Å². The molecule has 0 aromatic carbocycles. The van der Waals surface area contributed by atoms with Gasteiger partial charge in [-0.2, -0.15) is 4.31 Å². The number of anilines is 1. The third-order valence-electron chi connectivity index (χ3n) is 8.48. The normalized spacial score (nSPS) is 30.2. The van der Waals surface area contributed by atoms with Crippen LogP contribution in [0.1, 0.15) is 16.6 Å². The number of carbonyl (C=O) groups is 2. The van der Waals surface area contributed by atoms with E-state index in [4.69, 9.17) is 34.5 Å². The van der Waals surface area contributed by atoms with Gasteiger partial charge in [-0.3, -0.25) is 32.7 Å². The zero-order valence-electron chi connectivity index (χ0n) is 28.1. The number of imidazole rings is 1. The van der Waals surface area contributed by atoms with E-state index in [-0.39, 0.29) is 28.1 Å². The van der Waals surface area contributed by atoms with Gasteiger partial charge in [-0.25, -0.2) is 28.6 Å². The van der Waals surface area contributed by atoms with Gasteiger partial charge in [0.05, 0.1) is 25.5 Å². The molecule has 56 heavy (non-hydrogen) atoms. The summed E-state index contributed by atoms with van der Waals surface area (Å²) in [5.74, 6) is -2.66. The highest BCUT2D eigenvalue weighted by atomic mass is 31.3. The summed E-state index contributed by atoms with van der Waals surface area (Å²) in [5.41, 5.74) is 11.4. The molecule has 0 saturated carbocycles. The maximum Gasteiger partial charge on any atom is 0.481 e. The van der Waals surface area contributed by atoms with Crippen LogP contribution in [-0.2, 0) is 45.8 Å². The number of allylic oxidation sites excluding steroid dienone is 1. The van der Waals surface area contributed by atoms with Crippen LogP contribution in [-0.4, -0.2) is 132 Å². The monoisotopic (exact) mass is 850 g/mol. The number of aliphatic hydroxyl groups is 3. The van der Waals surface area contributed by atoms with Gasteiger partial charge < -0.3 is 60.7 Å². The van der Waals surface area contributed by atoms with Crippen molar-refractivity contribution in [1.29, 1.82) is 0 Å². The summed E-state index contributed by atoms with van der Waals surface area (Å²) >= 11 is 0. The highest BCUT2D eigenvalue weighted by Gasteiger charge is 2.51. The molecule has 2 saturated heterocycles. The van der Waals surface area contributed by atoms with Gasteiger partial charge >= 0.3 is 23.5 Å². The lowest BCUT2D eigenvalue weighted by Gasteiger charge is -2.31. The van der Waals surface area contributed by atoms with Crippen LogP contribution in [0.3, 0.4) is 0 Å². The SMILES string of the molecule is NC(=O)C1=CN([C@@H]2O[C@H](COP(=O)(O)OP(=O)(O)OC[C@H]3O[C@@H](n4cnc5c(N)ncnc54)[C@H](OP(=O)(O)O)[C@@H]3O)[C@@H](O)[C@H]2O)C=C[C@H]1C(=O)c1ccncc1. The Kier molecular flexibility index (Phi) is 12.0. The Morgan fingerprint density at radius 1 is 0.875 bits per heavy atom. The summed E-state index contributed by atoms with van der Waals surface area (Å²) in [7, 11) is -16.4. The Bertz CT molecular complexity index is 2170. The number of phosphoric acid groups is 3. The number of aliphatic hydroxyl groups excluding tert-OH is 3. The standard InChI is InChI=1S/C27H33N8O18P3/c28-23-17-25(32-10-31-23)35(11-33-17)27-22(52-54(41,42)43)20(38)16(51-27)9-49-56(46,47)53-55(44,45)48-8-15-19(37)21(39)26(50-15)34-6-3-13(14(7-34)24(29)40)18(36)12-1-4-30-5-2-12/h1-7,10-11,13,15-16,19-22,26-27,37-39H,8-9H2,(H2,29,40)(H,44,45)(H,46,47)(H2,28,31,32)(H2,41,42,43)/t13-,15-,16-,19-,20-,21-,22-,26-,27-/m1/s1. The van der Waals surface area contributed by atoms with E-state index in [1.54, 1.807) is 0 Å². The Morgan fingerprint density at radius 3 is 2.12 bits per heavy atom. The number of hydrogen-bond donors (Lipinski definition) is 9. The molecule has 3 aliphatic rings. The molecule has 0 radical (unpaired) electrons. The number of fused-ring (bicyclic) bond motifs is 1. The first-order valence-corrected chi connectivity index (χ1v) is 20.4. The summed E-state index contributed by atoms with van der Waals surface area (Å²) in [6, 6.07) is 2.87. The van der Waals surface area contributed by atoms with Crippen molar-refractivity contribution in [3.63, 3.8) is 0 Å². The second kappa shape index (κ2) is 16.2. The molecule has 3 aromatic rings. The van der Waals surface area contributed by atoms with Gasteiger partial charge in [0, 0.05) is 35.9 Å². The van der Waals surface area contributed by atoms with Crippen LogP contribution in [0.15, 0.2) is 61.2 Å². The maximum absolute atomic E-state index is 13.0. The predicted octanol–water partition coefficient (Wildman–Crippen LogP) is -2.07. The number of primary amides is 1. The van der Waals surface area contributed by atoms with E-state index in [1.807, 2.05) is 0 Å². The molecule has 3 aliphatic heterocycles. The first kappa shape index (κ1) is 41.7. The molecule has 29 heteroatoms. The van der Waals surface area contributed by atoms with E-state index in [1.165, 1.54) is 36.8 Å². The van der Waals surface area contributed by atoms with Gasteiger partial charge in [0.1, 0.15) is 48.5 Å². The van der Waals surface area contributed by atoms with Crippen LogP contribution in [0.5, 0.6) is 0 Å². The molecular weight excluding hydrogens is 817 g/mol. The van der Waals surface area contributed by atoms with Crippen LogP contribution in [0.2, 0.25) is 0 Å². The number of nitrogens with two attached hydrogens (primary N) is 2. The fourth-order valence-electron chi connectivity index (χ4n) is 5.91. The summed E-state index contributed by atoms with van der Waals surface area (Å²) in [5, 5.41) is 32.1. The molecule has 26 nitrogen and oxygen atoms in total. The molecule has 6 heterocycles. The Hall–Kier alpha value is -3.91. The second-order valence-corrected chi connectivity index (χ2v) is 16.4. The molecule has 6 rings (SSSR count). The molecule has 0 aliphatic carbocycles. The molecule has 11 N–H and O–H groups in total. The van der Waals surface area contributed by atoms with Crippen molar-refractivity contribution >= 4 is 52.1 Å². The minimum Gasteiger partial charge on any atom is -0.387 e. The quantitative estimate of drug-likeness (QED) is 0.0586. The zero-order chi connectivity index (χ0) is 40.7. The molecule has 304 valence electrons. The van der Waals surface area contributed by atoms with Gasteiger partial charge in [0.15, 0.2) is 29.7 Å². The van der Waals surface area contributed by atoms with Crippen LogP contribution in [0.4, 0.5) is 5.82 Å². The average molecular weight is 851 g/mol. The fraction of sp³-hybridized carbons (Fsp3) is 0.407. The molecule has 0 bridgehead atoms. The van der Waals surface area contributed by atoms with Crippen molar-refractivity contribution in [1.82, 2.24) is 29.4 Å². The summed E-state index contributed by atoms with van der Waals surface area (Å²) in [4.78, 5) is 81.3. The molecule has 2 unspecified atom stereocenters. The highest BCUT2D eigenvalue weighted by Crippen LogP contribution is 2.61. The Balaban J connectivity index is 1.06. The number of carbonyl (C=O) groups excluding carboxylic acids is 2. The lowest BCUT2D eigenvalue weighted by molar-refractivity contribution is -0.115. The van der Waals surface area contributed by atoms with Crippen molar-refractivity contribution in [2.24, 2.45) is 11.7 Å². The number of nitrogens with zero attached hydrogens (tertiary/aromatic N) is 6. The largest absolute Gasteiger partial charge is 0.481 e. The number of ketones is 1. The number of rotatable bonds is 15. The number of amides is 1. The van der Waals surface area contributed by atoms with Crippen molar-refractivity contribution in [2.75, 3.05) is 18.9 Å². The van der Waals surface area contributed by atoms with Crippen molar-refractivity contribution in [2.45, 2.75) is 49.1 Å². The van der Waals surface area contributed by atoms with E-state index < -0.39 is 103 Å². The Labute approximate surface area is 313 Å². The summed E-state index contributed by atoms with van der Waals surface area (Å²) in [6.45, 7) is -2.14. The summed E-state index contributed by atoms with van der Waals surface area (Å²) < 4.78 is 67.8. The summed E-state index contributed by atoms with van der Waals surface area (Å²) in [6.07, 6.45) is -5.16. The first-order valence-electron chi connectivity index (χ1n) is 15.8. The van der Waals surface area contributed by atoms with Gasteiger partial charge in [0.25, 0.3) is 0 Å². The molecular formula is C27H33N8O18P3.